The number of benzene rings is 2. The SMILES string of the molecule is O=C(Nc1cnccn1)N1CCC(Oc2cccc(OCc3ccccc3)c2)CC1. The third kappa shape index (κ3) is 5.47. The first-order valence-corrected chi connectivity index (χ1v) is 10.0. The number of hydrogen-bond acceptors (Lipinski definition) is 5. The maximum absolute atomic E-state index is 12.4. The number of rotatable bonds is 6. The normalized spacial score (nSPS) is 14.2. The summed E-state index contributed by atoms with van der Waals surface area (Å²) in [7, 11) is 0. The van der Waals surface area contributed by atoms with Crippen LogP contribution in [0.25, 0.3) is 0 Å². The lowest BCUT2D eigenvalue weighted by atomic mass is 10.1. The Kier molecular flexibility index (Phi) is 6.39. The molecule has 1 aromatic heterocycles. The summed E-state index contributed by atoms with van der Waals surface area (Å²) >= 11 is 0. The Balaban J connectivity index is 1.25. The molecule has 3 aromatic rings. The van der Waals surface area contributed by atoms with Gasteiger partial charge in [-0.05, 0) is 17.7 Å². The Morgan fingerprint density at radius 2 is 1.83 bits per heavy atom. The number of carbonyl (C=O) groups is 1. The van der Waals surface area contributed by atoms with E-state index in [2.05, 4.69) is 15.3 Å². The summed E-state index contributed by atoms with van der Waals surface area (Å²) in [6, 6.07) is 17.6. The number of ether oxygens (including phenoxy) is 2. The first-order chi connectivity index (χ1) is 14.8. The van der Waals surface area contributed by atoms with Gasteiger partial charge < -0.3 is 14.4 Å². The van der Waals surface area contributed by atoms with Crippen LogP contribution in [-0.4, -0.2) is 40.1 Å². The van der Waals surface area contributed by atoms with E-state index < -0.39 is 0 Å². The largest absolute Gasteiger partial charge is 0.490 e. The number of aromatic nitrogens is 2. The molecule has 2 amide bonds. The number of nitrogens with one attached hydrogen (secondary N) is 1. The molecule has 0 saturated carbocycles. The van der Waals surface area contributed by atoms with Crippen molar-refractivity contribution in [3.63, 3.8) is 0 Å². The lowest BCUT2D eigenvalue weighted by Gasteiger charge is -2.32. The van der Waals surface area contributed by atoms with E-state index in [0.29, 0.717) is 25.5 Å². The molecule has 30 heavy (non-hydrogen) atoms. The highest BCUT2D eigenvalue weighted by Crippen LogP contribution is 2.24. The molecule has 1 fully saturated rings. The molecule has 0 bridgehead atoms. The maximum atomic E-state index is 12.4. The van der Waals surface area contributed by atoms with Crippen LogP contribution in [0.5, 0.6) is 11.5 Å². The van der Waals surface area contributed by atoms with Crippen LogP contribution in [0, 0.1) is 0 Å². The van der Waals surface area contributed by atoms with Crippen LogP contribution in [0.3, 0.4) is 0 Å². The number of carbonyl (C=O) groups excluding carboxylic acids is 1. The summed E-state index contributed by atoms with van der Waals surface area (Å²) in [5, 5.41) is 2.77. The number of amides is 2. The zero-order valence-corrected chi connectivity index (χ0v) is 16.6. The highest BCUT2D eigenvalue weighted by Gasteiger charge is 2.24. The quantitative estimate of drug-likeness (QED) is 0.668. The lowest BCUT2D eigenvalue weighted by molar-refractivity contribution is 0.115. The summed E-state index contributed by atoms with van der Waals surface area (Å²) < 4.78 is 12.0. The highest BCUT2D eigenvalue weighted by atomic mass is 16.5. The molecule has 0 aliphatic carbocycles. The second-order valence-electron chi connectivity index (χ2n) is 7.07. The van der Waals surface area contributed by atoms with E-state index in [0.717, 1.165) is 29.9 Å². The Labute approximate surface area is 175 Å². The Bertz CT molecular complexity index is 945. The van der Waals surface area contributed by atoms with Crippen LogP contribution in [-0.2, 0) is 6.61 Å². The molecule has 0 spiro atoms. The van der Waals surface area contributed by atoms with Gasteiger partial charge in [0.05, 0.1) is 6.20 Å². The van der Waals surface area contributed by atoms with Crippen molar-refractivity contribution in [1.82, 2.24) is 14.9 Å². The van der Waals surface area contributed by atoms with Crippen molar-refractivity contribution >= 4 is 11.8 Å². The van der Waals surface area contributed by atoms with E-state index in [-0.39, 0.29) is 12.1 Å². The van der Waals surface area contributed by atoms with Gasteiger partial charge in [-0.2, -0.15) is 0 Å². The molecule has 2 aromatic carbocycles. The van der Waals surface area contributed by atoms with E-state index in [1.165, 1.54) is 6.20 Å². The Morgan fingerprint density at radius 3 is 2.60 bits per heavy atom. The van der Waals surface area contributed by atoms with Gasteiger partial charge in [-0.25, -0.2) is 9.78 Å². The summed E-state index contributed by atoms with van der Waals surface area (Å²) in [6.07, 6.45) is 6.25. The molecule has 154 valence electrons. The molecule has 1 saturated heterocycles. The third-order valence-corrected chi connectivity index (χ3v) is 4.88. The van der Waals surface area contributed by atoms with E-state index in [4.69, 9.17) is 9.47 Å². The van der Waals surface area contributed by atoms with Crippen LogP contribution in [0.4, 0.5) is 10.6 Å². The van der Waals surface area contributed by atoms with Gasteiger partial charge >= 0.3 is 6.03 Å². The minimum atomic E-state index is -0.162. The van der Waals surface area contributed by atoms with E-state index in [1.807, 2.05) is 54.6 Å². The fraction of sp³-hybridized carbons (Fsp3) is 0.261. The fourth-order valence-electron chi connectivity index (χ4n) is 3.30. The van der Waals surface area contributed by atoms with Crippen LogP contribution in [0.2, 0.25) is 0 Å². The monoisotopic (exact) mass is 404 g/mol. The molecule has 1 aliphatic heterocycles. The predicted molar refractivity (Wildman–Crippen MR) is 113 cm³/mol. The molecule has 0 atom stereocenters. The van der Waals surface area contributed by atoms with Crippen molar-refractivity contribution in [3.05, 3.63) is 78.8 Å². The zero-order valence-electron chi connectivity index (χ0n) is 16.6. The number of urea groups is 1. The van der Waals surface area contributed by atoms with Crippen molar-refractivity contribution < 1.29 is 14.3 Å². The van der Waals surface area contributed by atoms with Gasteiger partial charge in [-0.3, -0.25) is 10.3 Å². The number of hydrogen-bond donors (Lipinski definition) is 1. The fourth-order valence-corrected chi connectivity index (χ4v) is 3.30. The smallest absolute Gasteiger partial charge is 0.323 e. The summed E-state index contributed by atoms with van der Waals surface area (Å²) in [5.41, 5.74) is 1.12. The van der Waals surface area contributed by atoms with Crippen molar-refractivity contribution in [3.8, 4) is 11.5 Å². The van der Waals surface area contributed by atoms with Gasteiger partial charge in [0, 0.05) is 44.4 Å². The van der Waals surface area contributed by atoms with Gasteiger partial charge in [0.1, 0.15) is 24.2 Å². The van der Waals surface area contributed by atoms with Crippen molar-refractivity contribution in [2.24, 2.45) is 0 Å². The molecule has 7 nitrogen and oxygen atoms in total. The van der Waals surface area contributed by atoms with Crippen molar-refractivity contribution in [2.75, 3.05) is 18.4 Å². The second-order valence-corrected chi connectivity index (χ2v) is 7.07. The summed E-state index contributed by atoms with van der Waals surface area (Å²) in [6.45, 7) is 1.77. The molecule has 1 aliphatic rings. The van der Waals surface area contributed by atoms with Crippen molar-refractivity contribution in [1.29, 1.82) is 0 Å². The molecular formula is C23H24N4O3. The average Bonchev–Trinajstić information content (AvgIpc) is 2.80. The Morgan fingerprint density at radius 1 is 1.03 bits per heavy atom. The molecular weight excluding hydrogens is 380 g/mol. The van der Waals surface area contributed by atoms with Crippen LogP contribution >= 0.6 is 0 Å². The van der Waals surface area contributed by atoms with Crippen LogP contribution in [0.15, 0.2) is 73.2 Å². The van der Waals surface area contributed by atoms with E-state index in [9.17, 15) is 4.79 Å². The topological polar surface area (TPSA) is 76.6 Å². The van der Waals surface area contributed by atoms with Gasteiger partial charge in [0.2, 0.25) is 0 Å². The molecule has 0 unspecified atom stereocenters. The first-order valence-electron chi connectivity index (χ1n) is 10.0. The van der Waals surface area contributed by atoms with E-state index in [1.54, 1.807) is 17.3 Å². The highest BCUT2D eigenvalue weighted by molar-refractivity contribution is 5.88. The standard InChI is InChI=1S/C23H24N4O3/c28-23(26-22-16-24-11-12-25-22)27-13-9-19(10-14-27)30-21-8-4-7-20(15-21)29-17-18-5-2-1-3-6-18/h1-8,11-12,15-16,19H,9-10,13-14,17H2,(H,25,26,28). The summed E-state index contributed by atoms with van der Waals surface area (Å²) in [4.78, 5) is 22.1. The maximum Gasteiger partial charge on any atom is 0.323 e. The molecule has 4 rings (SSSR count). The van der Waals surface area contributed by atoms with Crippen molar-refractivity contribution in [2.45, 2.75) is 25.6 Å². The zero-order chi connectivity index (χ0) is 20.6. The second kappa shape index (κ2) is 9.73. The molecule has 7 heteroatoms. The number of anilines is 1. The lowest BCUT2D eigenvalue weighted by Crippen LogP contribution is -2.43. The van der Waals surface area contributed by atoms with Gasteiger partial charge in [0.25, 0.3) is 0 Å². The van der Waals surface area contributed by atoms with Gasteiger partial charge in [-0.1, -0.05) is 36.4 Å². The van der Waals surface area contributed by atoms with E-state index >= 15 is 0 Å². The van der Waals surface area contributed by atoms with Gasteiger partial charge in [0.15, 0.2) is 5.82 Å². The predicted octanol–water partition coefficient (Wildman–Crippen LogP) is 4.13. The number of nitrogens with zero attached hydrogens (tertiary/aromatic N) is 3. The number of piperidine rings is 1. The minimum Gasteiger partial charge on any atom is -0.490 e. The van der Waals surface area contributed by atoms with Gasteiger partial charge in [-0.15, -0.1) is 0 Å². The van der Waals surface area contributed by atoms with Crippen LogP contribution < -0.4 is 14.8 Å². The Hall–Kier alpha value is -3.61. The molecule has 2 heterocycles. The van der Waals surface area contributed by atoms with Crippen LogP contribution in [0.1, 0.15) is 18.4 Å². The molecule has 0 radical (unpaired) electrons. The minimum absolute atomic E-state index is 0.0648. The molecule has 1 N–H and O–H groups in total. The third-order valence-electron chi connectivity index (χ3n) is 4.88. The summed E-state index contributed by atoms with van der Waals surface area (Å²) in [5.74, 6) is 2.01. The first kappa shape index (κ1) is 19.7. The average molecular weight is 404 g/mol. The number of likely N-dealkylation sites (tertiary alicyclic amines) is 1.